The fraction of sp³-hybridized carbons (Fsp3) is 0.462. The SMILES string of the molecule is CC(C)Oc1cccc(-c2nc(CCS(C)(=O)=O)no2)n1. The number of aryl methyl sites for hydroxylation is 1. The van der Waals surface area contributed by atoms with Crippen LogP contribution in [0.2, 0.25) is 0 Å². The van der Waals surface area contributed by atoms with Gasteiger partial charge in [-0.2, -0.15) is 4.98 Å². The molecule has 0 aromatic carbocycles. The van der Waals surface area contributed by atoms with E-state index in [-0.39, 0.29) is 24.2 Å². The molecule has 0 aliphatic carbocycles. The molecule has 0 N–H and O–H groups in total. The van der Waals surface area contributed by atoms with E-state index < -0.39 is 9.84 Å². The highest BCUT2D eigenvalue weighted by molar-refractivity contribution is 7.90. The van der Waals surface area contributed by atoms with Crippen molar-refractivity contribution in [2.45, 2.75) is 26.4 Å². The van der Waals surface area contributed by atoms with Crippen LogP contribution in [0.3, 0.4) is 0 Å². The normalized spacial score (nSPS) is 11.8. The summed E-state index contributed by atoms with van der Waals surface area (Å²) < 4.78 is 32.8. The number of nitrogens with zero attached hydrogens (tertiary/aromatic N) is 3. The zero-order chi connectivity index (χ0) is 15.5. The Hall–Kier alpha value is -1.96. The third-order valence-electron chi connectivity index (χ3n) is 2.46. The predicted molar refractivity (Wildman–Crippen MR) is 76.7 cm³/mol. The van der Waals surface area contributed by atoms with Crippen molar-refractivity contribution in [3.63, 3.8) is 0 Å². The molecule has 0 atom stereocenters. The Morgan fingerprint density at radius 2 is 2.05 bits per heavy atom. The van der Waals surface area contributed by atoms with Crippen molar-refractivity contribution in [3.8, 4) is 17.5 Å². The van der Waals surface area contributed by atoms with Gasteiger partial charge in [-0.15, -0.1) is 0 Å². The Morgan fingerprint density at radius 1 is 1.29 bits per heavy atom. The maximum atomic E-state index is 11.1. The van der Waals surface area contributed by atoms with Gasteiger partial charge in [-0.25, -0.2) is 13.4 Å². The smallest absolute Gasteiger partial charge is 0.276 e. The van der Waals surface area contributed by atoms with Gasteiger partial charge in [0.25, 0.3) is 5.89 Å². The highest BCUT2D eigenvalue weighted by Gasteiger charge is 2.13. The van der Waals surface area contributed by atoms with E-state index in [9.17, 15) is 8.42 Å². The second-order valence-electron chi connectivity index (χ2n) is 4.92. The van der Waals surface area contributed by atoms with E-state index in [2.05, 4.69) is 15.1 Å². The number of rotatable bonds is 6. The van der Waals surface area contributed by atoms with Gasteiger partial charge < -0.3 is 9.26 Å². The number of hydrogen-bond acceptors (Lipinski definition) is 7. The molecule has 0 fully saturated rings. The summed E-state index contributed by atoms with van der Waals surface area (Å²) in [6, 6.07) is 5.24. The van der Waals surface area contributed by atoms with E-state index in [4.69, 9.17) is 9.26 Å². The summed E-state index contributed by atoms with van der Waals surface area (Å²) in [5, 5.41) is 3.75. The first-order valence-electron chi connectivity index (χ1n) is 6.48. The first-order chi connectivity index (χ1) is 9.83. The van der Waals surface area contributed by atoms with Crippen LogP contribution in [0, 0.1) is 0 Å². The molecule has 2 aromatic rings. The first-order valence-corrected chi connectivity index (χ1v) is 8.54. The molecule has 0 saturated heterocycles. The van der Waals surface area contributed by atoms with Gasteiger partial charge in [-0.05, 0) is 19.9 Å². The van der Waals surface area contributed by atoms with Gasteiger partial charge in [0.1, 0.15) is 15.5 Å². The van der Waals surface area contributed by atoms with Gasteiger partial charge in [0, 0.05) is 18.7 Å². The zero-order valence-corrected chi connectivity index (χ0v) is 12.9. The minimum atomic E-state index is -3.06. The lowest BCUT2D eigenvalue weighted by molar-refractivity contribution is 0.232. The lowest BCUT2D eigenvalue weighted by Crippen LogP contribution is -2.07. The third kappa shape index (κ3) is 4.82. The van der Waals surface area contributed by atoms with Gasteiger partial charge >= 0.3 is 0 Å². The van der Waals surface area contributed by atoms with E-state index in [1.54, 1.807) is 18.2 Å². The number of sulfone groups is 1. The monoisotopic (exact) mass is 311 g/mol. The molecule has 0 saturated carbocycles. The maximum Gasteiger partial charge on any atom is 0.276 e. The number of pyridine rings is 1. The van der Waals surface area contributed by atoms with Crippen LogP contribution in [0.25, 0.3) is 11.6 Å². The van der Waals surface area contributed by atoms with Crippen molar-refractivity contribution in [1.29, 1.82) is 0 Å². The summed E-state index contributed by atoms with van der Waals surface area (Å²) in [6.45, 7) is 3.81. The van der Waals surface area contributed by atoms with Crippen LogP contribution in [0.4, 0.5) is 0 Å². The highest BCUT2D eigenvalue weighted by atomic mass is 32.2. The van der Waals surface area contributed by atoms with Gasteiger partial charge in [-0.1, -0.05) is 11.2 Å². The first kappa shape index (κ1) is 15.4. The second-order valence-corrected chi connectivity index (χ2v) is 7.18. The van der Waals surface area contributed by atoms with Crippen molar-refractivity contribution in [3.05, 3.63) is 24.0 Å². The molecular formula is C13H17N3O4S. The average Bonchev–Trinajstić information content (AvgIpc) is 2.84. The van der Waals surface area contributed by atoms with Gasteiger partial charge in [-0.3, -0.25) is 0 Å². The molecule has 0 radical (unpaired) electrons. The van der Waals surface area contributed by atoms with Crippen molar-refractivity contribution < 1.29 is 17.7 Å². The van der Waals surface area contributed by atoms with Crippen LogP contribution < -0.4 is 4.74 Å². The lowest BCUT2D eigenvalue weighted by Gasteiger charge is -2.08. The minimum Gasteiger partial charge on any atom is -0.475 e. The molecule has 0 aliphatic rings. The third-order valence-corrected chi connectivity index (χ3v) is 3.41. The van der Waals surface area contributed by atoms with Gasteiger partial charge in [0.15, 0.2) is 5.82 Å². The fourth-order valence-electron chi connectivity index (χ4n) is 1.58. The summed E-state index contributed by atoms with van der Waals surface area (Å²) in [6.07, 6.45) is 1.40. The standard InChI is InChI=1S/C13H17N3O4S/c1-9(2)19-12-6-4-5-10(14-12)13-15-11(16-20-13)7-8-21(3,17)18/h4-6,9H,7-8H2,1-3H3. The maximum absolute atomic E-state index is 11.1. The second kappa shape index (κ2) is 6.21. The molecular weight excluding hydrogens is 294 g/mol. The lowest BCUT2D eigenvalue weighted by atomic mass is 10.3. The van der Waals surface area contributed by atoms with Crippen molar-refractivity contribution in [2.24, 2.45) is 0 Å². The summed E-state index contributed by atoms with van der Waals surface area (Å²) >= 11 is 0. The Labute approximate surface area is 123 Å². The molecule has 2 heterocycles. The largest absolute Gasteiger partial charge is 0.475 e. The highest BCUT2D eigenvalue weighted by Crippen LogP contribution is 2.18. The number of ether oxygens (including phenoxy) is 1. The number of aromatic nitrogens is 3. The quantitative estimate of drug-likeness (QED) is 0.797. The summed E-state index contributed by atoms with van der Waals surface area (Å²) in [7, 11) is -3.06. The molecule has 0 spiro atoms. The Bertz CT molecular complexity index is 710. The summed E-state index contributed by atoms with van der Waals surface area (Å²) in [5.41, 5.74) is 0.492. The fourth-order valence-corrected chi connectivity index (χ4v) is 2.13. The molecule has 2 rings (SSSR count). The van der Waals surface area contributed by atoms with E-state index in [1.165, 1.54) is 6.26 Å². The molecule has 0 aliphatic heterocycles. The van der Waals surface area contributed by atoms with Crippen LogP contribution in [0.15, 0.2) is 22.7 Å². The molecule has 2 aromatic heterocycles. The Morgan fingerprint density at radius 3 is 2.71 bits per heavy atom. The zero-order valence-electron chi connectivity index (χ0n) is 12.1. The molecule has 21 heavy (non-hydrogen) atoms. The van der Waals surface area contributed by atoms with Crippen LogP contribution in [-0.4, -0.2) is 41.7 Å². The minimum absolute atomic E-state index is 0.0146. The van der Waals surface area contributed by atoms with Gasteiger partial charge in [0.2, 0.25) is 5.88 Å². The van der Waals surface area contributed by atoms with Crippen LogP contribution in [0.5, 0.6) is 5.88 Å². The topological polar surface area (TPSA) is 95.2 Å². The Balaban J connectivity index is 2.14. The van der Waals surface area contributed by atoms with Crippen LogP contribution in [0.1, 0.15) is 19.7 Å². The molecule has 0 amide bonds. The van der Waals surface area contributed by atoms with Crippen molar-refractivity contribution >= 4 is 9.84 Å². The number of hydrogen-bond donors (Lipinski definition) is 0. The van der Waals surface area contributed by atoms with Crippen LogP contribution in [-0.2, 0) is 16.3 Å². The average molecular weight is 311 g/mol. The van der Waals surface area contributed by atoms with Crippen molar-refractivity contribution in [1.82, 2.24) is 15.1 Å². The molecule has 0 unspecified atom stereocenters. The van der Waals surface area contributed by atoms with E-state index in [0.29, 0.717) is 17.4 Å². The van der Waals surface area contributed by atoms with E-state index in [1.807, 2.05) is 13.8 Å². The molecule has 7 nitrogen and oxygen atoms in total. The summed E-state index contributed by atoms with van der Waals surface area (Å²) in [5.74, 6) is 1.04. The summed E-state index contributed by atoms with van der Waals surface area (Å²) in [4.78, 5) is 8.41. The van der Waals surface area contributed by atoms with E-state index in [0.717, 1.165) is 0 Å². The van der Waals surface area contributed by atoms with Crippen molar-refractivity contribution in [2.75, 3.05) is 12.0 Å². The van der Waals surface area contributed by atoms with Crippen LogP contribution >= 0.6 is 0 Å². The van der Waals surface area contributed by atoms with E-state index >= 15 is 0 Å². The predicted octanol–water partition coefficient (Wildman–Crippen LogP) is 1.51. The molecule has 8 heteroatoms. The molecule has 114 valence electrons. The Kier molecular flexibility index (Phi) is 4.56. The van der Waals surface area contributed by atoms with Gasteiger partial charge in [0.05, 0.1) is 11.9 Å². The molecule has 0 bridgehead atoms.